The van der Waals surface area contributed by atoms with E-state index in [1.807, 2.05) is 29.8 Å². The molecule has 0 saturated heterocycles. The molecule has 3 heterocycles. The lowest BCUT2D eigenvalue weighted by Gasteiger charge is -2.40. The summed E-state index contributed by atoms with van der Waals surface area (Å²) >= 11 is 0. The van der Waals surface area contributed by atoms with Crippen LogP contribution >= 0.6 is 0 Å². The zero-order valence-electron chi connectivity index (χ0n) is 18.0. The summed E-state index contributed by atoms with van der Waals surface area (Å²) in [7, 11) is 1.74. The van der Waals surface area contributed by atoms with Gasteiger partial charge in [0.15, 0.2) is 0 Å². The molecule has 0 spiro atoms. The first-order valence-electron chi connectivity index (χ1n) is 10.5. The van der Waals surface area contributed by atoms with Gasteiger partial charge in [-0.1, -0.05) is 13.5 Å². The number of H-pyrrole nitrogens is 1. The Labute approximate surface area is 182 Å². The molecule has 0 aliphatic heterocycles. The van der Waals surface area contributed by atoms with E-state index in [0.29, 0.717) is 13.0 Å². The first kappa shape index (κ1) is 21.0. The van der Waals surface area contributed by atoms with E-state index >= 15 is 0 Å². The van der Waals surface area contributed by atoms with E-state index in [2.05, 4.69) is 32.1 Å². The van der Waals surface area contributed by atoms with Gasteiger partial charge in [0, 0.05) is 79.5 Å². The van der Waals surface area contributed by atoms with Gasteiger partial charge in [-0.05, 0) is 25.0 Å². The molecule has 0 aromatic carbocycles. The summed E-state index contributed by atoms with van der Waals surface area (Å²) in [6, 6.07) is 3.94. The Kier molecular flexibility index (Phi) is 5.99. The number of hydrogen-bond donors (Lipinski definition) is 3. The molecule has 4 rings (SSSR count). The highest BCUT2D eigenvalue weighted by molar-refractivity contribution is 5.64. The second-order valence-electron chi connectivity index (χ2n) is 8.16. The lowest BCUT2D eigenvalue weighted by atomic mass is 9.79. The molecule has 162 valence electrons. The maximum absolute atomic E-state index is 7.78. The van der Waals surface area contributed by atoms with Gasteiger partial charge in [0.2, 0.25) is 0 Å². The van der Waals surface area contributed by atoms with Gasteiger partial charge in [-0.3, -0.25) is 10.1 Å². The Bertz CT molecular complexity index is 1030. The maximum atomic E-state index is 7.78. The molecule has 8 nitrogen and oxygen atoms in total. The van der Waals surface area contributed by atoms with E-state index in [-0.39, 0.29) is 12.0 Å². The number of nitrogens with zero attached hydrogens (tertiary/aromatic N) is 4. The van der Waals surface area contributed by atoms with Crippen LogP contribution in [0.25, 0.3) is 11.3 Å². The van der Waals surface area contributed by atoms with Gasteiger partial charge in [-0.25, -0.2) is 4.98 Å². The van der Waals surface area contributed by atoms with Crippen LogP contribution in [0.1, 0.15) is 24.6 Å². The quantitative estimate of drug-likeness (QED) is 0.463. The zero-order valence-corrected chi connectivity index (χ0v) is 18.0. The highest BCUT2D eigenvalue weighted by Gasteiger charge is 2.40. The lowest BCUT2D eigenvalue weighted by Crippen LogP contribution is -2.49. The van der Waals surface area contributed by atoms with Crippen LogP contribution in [0.3, 0.4) is 0 Å². The molecule has 3 N–H and O–H groups in total. The summed E-state index contributed by atoms with van der Waals surface area (Å²) in [5.41, 5.74) is 4.57. The molecule has 3 unspecified atom stereocenters. The molecule has 3 aromatic rings. The molecule has 31 heavy (non-hydrogen) atoms. The topological polar surface area (TPSA) is 104 Å². The van der Waals surface area contributed by atoms with Gasteiger partial charge < -0.3 is 20.0 Å². The molecule has 1 aliphatic carbocycles. The third kappa shape index (κ3) is 4.16. The van der Waals surface area contributed by atoms with Crippen LogP contribution in [0.2, 0.25) is 0 Å². The van der Waals surface area contributed by atoms with Crippen molar-refractivity contribution in [2.45, 2.75) is 44.4 Å². The highest BCUT2D eigenvalue weighted by Crippen LogP contribution is 2.38. The average molecular weight is 420 g/mol. The minimum atomic E-state index is -0.548. The van der Waals surface area contributed by atoms with Crippen LogP contribution in [0, 0.1) is 11.3 Å². The first-order chi connectivity index (χ1) is 15.1. The number of methoxy groups -OCH3 is 1. The number of hydrogen-bond acceptors (Lipinski definition) is 6. The Morgan fingerprint density at radius 3 is 2.87 bits per heavy atom. The maximum Gasteiger partial charge on any atom is 0.111 e. The van der Waals surface area contributed by atoms with Crippen LogP contribution < -0.4 is 5.32 Å². The van der Waals surface area contributed by atoms with E-state index in [0.717, 1.165) is 41.1 Å². The number of aryl methyl sites for hydroxylation is 1. The third-order valence-corrected chi connectivity index (χ3v) is 6.31. The van der Waals surface area contributed by atoms with Gasteiger partial charge in [-0.15, -0.1) is 0 Å². The van der Waals surface area contributed by atoms with E-state index in [9.17, 15) is 0 Å². The Balaban J connectivity index is 1.58. The van der Waals surface area contributed by atoms with Crippen molar-refractivity contribution < 1.29 is 4.74 Å². The molecule has 0 radical (unpaired) electrons. The molecule has 0 saturated carbocycles. The predicted molar refractivity (Wildman–Crippen MR) is 120 cm³/mol. The van der Waals surface area contributed by atoms with Crippen molar-refractivity contribution in [3.63, 3.8) is 0 Å². The standard InChI is InChI=1S/C23H29N7O/c1-16(13-24)21(14-30-11-10-26-15-30)27-17(2)23(31-3)7-4-20-19(12-23)22(29-28-20)18-5-8-25-9-6-18/h5-6,8-11,13,15-16,21,24,27H,2,4,7,12,14H2,1,3H3,(H,28,29). The van der Waals surface area contributed by atoms with Crippen molar-refractivity contribution >= 4 is 6.21 Å². The number of fused-ring (bicyclic) bond motifs is 1. The second kappa shape index (κ2) is 8.85. The summed E-state index contributed by atoms with van der Waals surface area (Å²) in [5, 5.41) is 19.2. The molecular formula is C23H29N7O. The summed E-state index contributed by atoms with van der Waals surface area (Å²) in [5.74, 6) is 0.0218. The first-order valence-corrected chi connectivity index (χ1v) is 10.5. The van der Waals surface area contributed by atoms with Crippen LogP contribution in [-0.4, -0.2) is 49.7 Å². The highest BCUT2D eigenvalue weighted by atomic mass is 16.5. The molecular weight excluding hydrogens is 390 g/mol. The predicted octanol–water partition coefficient (Wildman–Crippen LogP) is 3.00. The van der Waals surface area contributed by atoms with Crippen molar-refractivity contribution in [3.8, 4) is 11.3 Å². The lowest BCUT2D eigenvalue weighted by molar-refractivity contribution is 0.00349. The van der Waals surface area contributed by atoms with Crippen LogP contribution in [0.5, 0.6) is 0 Å². The van der Waals surface area contributed by atoms with Gasteiger partial charge in [-0.2, -0.15) is 5.10 Å². The van der Waals surface area contributed by atoms with Gasteiger partial charge in [0.25, 0.3) is 0 Å². The number of ether oxygens (including phenoxy) is 1. The molecule has 0 bridgehead atoms. The van der Waals surface area contributed by atoms with Crippen LogP contribution in [-0.2, 0) is 24.1 Å². The summed E-state index contributed by atoms with van der Waals surface area (Å²) in [4.78, 5) is 8.25. The largest absolute Gasteiger partial charge is 0.381 e. The number of aromatic nitrogens is 5. The number of pyridine rings is 1. The molecule has 1 aliphatic rings. The van der Waals surface area contributed by atoms with Gasteiger partial charge >= 0.3 is 0 Å². The smallest absolute Gasteiger partial charge is 0.111 e. The van der Waals surface area contributed by atoms with Crippen molar-refractivity contribution in [3.05, 3.63) is 66.8 Å². The number of nitrogens with one attached hydrogen (secondary N) is 3. The fourth-order valence-corrected chi connectivity index (χ4v) is 4.24. The third-order valence-electron chi connectivity index (χ3n) is 6.31. The number of imidazole rings is 1. The van der Waals surface area contributed by atoms with Crippen molar-refractivity contribution in [2.75, 3.05) is 7.11 Å². The minimum absolute atomic E-state index is 0.00311. The number of rotatable bonds is 9. The SMILES string of the molecule is C=C(NC(Cn1ccnc1)C(C)C=N)C1(OC)CCc2[nH]nc(-c3ccncc3)c2C1. The summed E-state index contributed by atoms with van der Waals surface area (Å²) in [6.07, 6.45) is 12.8. The molecule has 0 amide bonds. The summed E-state index contributed by atoms with van der Waals surface area (Å²) in [6.45, 7) is 7.11. The van der Waals surface area contributed by atoms with Crippen LogP contribution in [0.15, 0.2) is 55.5 Å². The van der Waals surface area contributed by atoms with Crippen LogP contribution in [0.4, 0.5) is 0 Å². The normalized spacial score (nSPS) is 19.9. The Morgan fingerprint density at radius 2 is 2.19 bits per heavy atom. The fraction of sp³-hybridized carbons (Fsp3) is 0.391. The van der Waals surface area contributed by atoms with E-state index in [4.69, 9.17) is 10.1 Å². The second-order valence-corrected chi connectivity index (χ2v) is 8.16. The van der Waals surface area contributed by atoms with Gasteiger partial charge in [0.05, 0.1) is 18.1 Å². The number of aromatic amines is 1. The van der Waals surface area contributed by atoms with Crippen molar-refractivity contribution in [2.24, 2.45) is 5.92 Å². The van der Waals surface area contributed by atoms with E-state index in [1.165, 1.54) is 6.21 Å². The average Bonchev–Trinajstić information content (AvgIpc) is 3.47. The fourth-order valence-electron chi connectivity index (χ4n) is 4.24. The molecule has 8 heteroatoms. The molecule has 3 aromatic heterocycles. The van der Waals surface area contributed by atoms with Crippen molar-refractivity contribution in [1.82, 2.24) is 30.0 Å². The minimum Gasteiger partial charge on any atom is -0.381 e. The van der Waals surface area contributed by atoms with Crippen molar-refractivity contribution in [1.29, 1.82) is 5.41 Å². The van der Waals surface area contributed by atoms with E-state index in [1.54, 1.807) is 32.0 Å². The molecule has 0 fully saturated rings. The molecule has 3 atom stereocenters. The Morgan fingerprint density at radius 1 is 1.39 bits per heavy atom. The van der Waals surface area contributed by atoms with E-state index < -0.39 is 5.60 Å². The monoisotopic (exact) mass is 419 g/mol. The summed E-state index contributed by atoms with van der Waals surface area (Å²) < 4.78 is 8.13. The van der Waals surface area contributed by atoms with Gasteiger partial charge in [0.1, 0.15) is 5.60 Å². The Hall–Kier alpha value is -3.26. The zero-order chi connectivity index (χ0) is 21.8.